The Morgan fingerprint density at radius 3 is 2.67 bits per heavy atom. The minimum atomic E-state index is -0.401. The lowest BCUT2D eigenvalue weighted by Crippen LogP contribution is -2.05. The number of methoxy groups -OCH3 is 1. The van der Waals surface area contributed by atoms with Gasteiger partial charge in [-0.3, -0.25) is 0 Å². The molecule has 0 amide bonds. The quantitative estimate of drug-likeness (QED) is 0.735. The fourth-order valence-corrected chi connectivity index (χ4v) is 2.77. The number of halogens is 3. The summed E-state index contributed by atoms with van der Waals surface area (Å²) in [6, 6.07) is 10.5. The highest BCUT2D eigenvalue weighted by Crippen LogP contribution is 2.26. The Hall–Kier alpha value is -1.23. The number of hydrogen-bond acceptors (Lipinski definition) is 3. The van der Waals surface area contributed by atoms with E-state index in [1.807, 2.05) is 18.2 Å². The predicted molar refractivity (Wildman–Crippen MR) is 89.3 cm³/mol. The van der Waals surface area contributed by atoms with Crippen molar-refractivity contribution in [1.82, 2.24) is 0 Å². The number of anilines is 1. The molecule has 0 heterocycles. The van der Waals surface area contributed by atoms with Crippen LogP contribution in [0.5, 0.6) is 0 Å². The van der Waals surface area contributed by atoms with Crippen LogP contribution in [0.4, 0.5) is 5.69 Å². The molecule has 0 aliphatic heterocycles. The smallest absolute Gasteiger partial charge is 0.337 e. The van der Waals surface area contributed by atoms with Gasteiger partial charge in [-0.2, -0.15) is 0 Å². The van der Waals surface area contributed by atoms with Gasteiger partial charge >= 0.3 is 5.97 Å². The molecule has 2 rings (SSSR count). The van der Waals surface area contributed by atoms with Crippen LogP contribution in [-0.4, -0.2) is 13.1 Å². The van der Waals surface area contributed by atoms with Crippen LogP contribution >= 0.6 is 39.1 Å². The van der Waals surface area contributed by atoms with E-state index in [0.29, 0.717) is 27.8 Å². The molecule has 0 aliphatic rings. The average Bonchev–Trinajstić information content (AvgIpc) is 2.47. The second-order valence-corrected chi connectivity index (χ2v) is 5.97. The van der Waals surface area contributed by atoms with Crippen LogP contribution in [0.15, 0.2) is 40.9 Å². The lowest BCUT2D eigenvalue weighted by Gasteiger charge is -2.11. The van der Waals surface area contributed by atoms with Gasteiger partial charge in [0.15, 0.2) is 0 Å². The molecule has 0 radical (unpaired) electrons. The molecule has 0 aliphatic carbocycles. The zero-order valence-electron chi connectivity index (χ0n) is 11.1. The number of ether oxygens (including phenoxy) is 1. The molecule has 0 saturated carbocycles. The number of rotatable bonds is 4. The van der Waals surface area contributed by atoms with Crippen LogP contribution in [0.25, 0.3) is 0 Å². The Kier molecular flexibility index (Phi) is 5.51. The number of benzene rings is 2. The van der Waals surface area contributed by atoms with Gasteiger partial charge in [-0.05, 0) is 35.9 Å². The molecule has 110 valence electrons. The Balaban J connectivity index is 2.17. The van der Waals surface area contributed by atoms with Gasteiger partial charge in [0.25, 0.3) is 0 Å². The van der Waals surface area contributed by atoms with Crippen molar-refractivity contribution >= 4 is 50.8 Å². The molecule has 3 nitrogen and oxygen atoms in total. The van der Waals surface area contributed by atoms with Gasteiger partial charge in [0.2, 0.25) is 0 Å². The van der Waals surface area contributed by atoms with Gasteiger partial charge in [-0.1, -0.05) is 45.2 Å². The highest BCUT2D eigenvalue weighted by Gasteiger charge is 2.09. The second kappa shape index (κ2) is 7.16. The fraction of sp³-hybridized carbons (Fsp3) is 0.133. The van der Waals surface area contributed by atoms with Gasteiger partial charge in [0, 0.05) is 16.0 Å². The van der Waals surface area contributed by atoms with Crippen molar-refractivity contribution < 1.29 is 9.53 Å². The number of esters is 1. The maximum atomic E-state index is 11.5. The van der Waals surface area contributed by atoms with E-state index >= 15 is 0 Å². The van der Waals surface area contributed by atoms with Crippen molar-refractivity contribution in [3.8, 4) is 0 Å². The molecule has 0 fully saturated rings. The monoisotopic (exact) mass is 387 g/mol. The molecular formula is C15H12BrCl2NO2. The van der Waals surface area contributed by atoms with Gasteiger partial charge in [0.1, 0.15) is 0 Å². The first-order chi connectivity index (χ1) is 10.0. The Labute approximate surface area is 141 Å². The van der Waals surface area contributed by atoms with E-state index in [-0.39, 0.29) is 0 Å². The minimum Gasteiger partial charge on any atom is -0.465 e. The molecule has 0 bridgehead atoms. The Bertz CT molecular complexity index is 677. The summed E-state index contributed by atoms with van der Waals surface area (Å²) in [5.41, 5.74) is 2.14. The van der Waals surface area contributed by atoms with E-state index in [1.54, 1.807) is 18.2 Å². The first-order valence-electron chi connectivity index (χ1n) is 6.07. The molecular weight excluding hydrogens is 377 g/mol. The van der Waals surface area contributed by atoms with Crippen LogP contribution in [0.1, 0.15) is 15.9 Å². The van der Waals surface area contributed by atoms with E-state index in [2.05, 4.69) is 21.2 Å². The van der Waals surface area contributed by atoms with Crippen LogP contribution in [-0.2, 0) is 11.3 Å². The molecule has 2 aromatic carbocycles. The molecule has 0 unspecified atom stereocenters. The van der Waals surface area contributed by atoms with Crippen molar-refractivity contribution in [3.63, 3.8) is 0 Å². The number of carbonyl (C=O) groups excluding carboxylic acids is 1. The van der Waals surface area contributed by atoms with Crippen molar-refractivity contribution in [1.29, 1.82) is 0 Å². The van der Waals surface area contributed by atoms with Crippen LogP contribution < -0.4 is 5.32 Å². The maximum absolute atomic E-state index is 11.5. The highest BCUT2D eigenvalue weighted by molar-refractivity contribution is 9.10. The minimum absolute atomic E-state index is 0.401. The standard InChI is InChI=1S/C15H12BrCl2NO2/c1-21-15(20)9-3-5-13(18)14(6-9)19-8-10-2-4-11(17)7-12(10)16/h2-7,19H,8H2,1H3. The lowest BCUT2D eigenvalue weighted by molar-refractivity contribution is 0.0601. The van der Waals surface area contributed by atoms with Crippen molar-refractivity contribution in [2.24, 2.45) is 0 Å². The van der Waals surface area contributed by atoms with Crippen molar-refractivity contribution in [3.05, 3.63) is 62.0 Å². The summed E-state index contributed by atoms with van der Waals surface area (Å²) in [7, 11) is 1.34. The molecule has 0 saturated heterocycles. The third-order valence-electron chi connectivity index (χ3n) is 2.87. The molecule has 0 atom stereocenters. The summed E-state index contributed by atoms with van der Waals surface area (Å²) in [4.78, 5) is 11.5. The van der Waals surface area contributed by atoms with Crippen molar-refractivity contribution in [2.75, 3.05) is 12.4 Å². The van der Waals surface area contributed by atoms with Gasteiger partial charge in [0.05, 0.1) is 23.4 Å². The molecule has 6 heteroatoms. The topological polar surface area (TPSA) is 38.3 Å². The van der Waals surface area contributed by atoms with E-state index < -0.39 is 5.97 Å². The molecule has 0 spiro atoms. The van der Waals surface area contributed by atoms with E-state index in [4.69, 9.17) is 27.9 Å². The number of nitrogens with one attached hydrogen (secondary N) is 1. The molecule has 21 heavy (non-hydrogen) atoms. The van der Waals surface area contributed by atoms with Gasteiger partial charge in [-0.25, -0.2) is 4.79 Å². The van der Waals surface area contributed by atoms with Crippen LogP contribution in [0.3, 0.4) is 0 Å². The lowest BCUT2D eigenvalue weighted by atomic mass is 10.2. The Morgan fingerprint density at radius 1 is 1.24 bits per heavy atom. The third-order valence-corrected chi connectivity index (χ3v) is 4.17. The zero-order chi connectivity index (χ0) is 15.4. The van der Waals surface area contributed by atoms with Crippen molar-refractivity contribution in [2.45, 2.75) is 6.54 Å². The predicted octanol–water partition coefficient (Wildman–Crippen LogP) is 5.15. The first kappa shape index (κ1) is 16.1. The van der Waals surface area contributed by atoms with Crippen LogP contribution in [0.2, 0.25) is 10.0 Å². The summed E-state index contributed by atoms with van der Waals surface area (Å²) < 4.78 is 5.60. The largest absolute Gasteiger partial charge is 0.465 e. The SMILES string of the molecule is COC(=O)c1ccc(Cl)c(NCc2ccc(Cl)cc2Br)c1. The van der Waals surface area contributed by atoms with E-state index in [0.717, 1.165) is 10.0 Å². The third kappa shape index (κ3) is 4.13. The molecule has 2 aromatic rings. The Morgan fingerprint density at radius 2 is 2.00 bits per heavy atom. The fourth-order valence-electron chi connectivity index (χ4n) is 1.76. The summed E-state index contributed by atoms with van der Waals surface area (Å²) in [6.07, 6.45) is 0. The first-order valence-corrected chi connectivity index (χ1v) is 7.62. The molecule has 1 N–H and O–H groups in total. The maximum Gasteiger partial charge on any atom is 0.337 e. The van der Waals surface area contributed by atoms with Gasteiger partial charge in [-0.15, -0.1) is 0 Å². The molecule has 0 aromatic heterocycles. The number of carbonyl (C=O) groups is 1. The average molecular weight is 389 g/mol. The summed E-state index contributed by atoms with van der Waals surface area (Å²) in [6.45, 7) is 0.544. The summed E-state index contributed by atoms with van der Waals surface area (Å²) in [5.74, 6) is -0.401. The van der Waals surface area contributed by atoms with E-state index in [9.17, 15) is 4.79 Å². The summed E-state index contributed by atoms with van der Waals surface area (Å²) >= 11 is 15.5. The van der Waals surface area contributed by atoms with Gasteiger partial charge < -0.3 is 10.1 Å². The van der Waals surface area contributed by atoms with Crippen LogP contribution in [0, 0.1) is 0 Å². The number of hydrogen-bond donors (Lipinski definition) is 1. The van der Waals surface area contributed by atoms with E-state index in [1.165, 1.54) is 7.11 Å². The zero-order valence-corrected chi connectivity index (χ0v) is 14.2. The highest BCUT2D eigenvalue weighted by atomic mass is 79.9. The summed E-state index contributed by atoms with van der Waals surface area (Å²) in [5, 5.41) is 4.39. The second-order valence-electron chi connectivity index (χ2n) is 4.28. The normalized spacial score (nSPS) is 10.3.